The lowest BCUT2D eigenvalue weighted by atomic mass is 10.2. The van der Waals surface area contributed by atoms with E-state index in [9.17, 15) is 0 Å². The molecule has 0 aromatic heterocycles. The molecule has 3 N–H and O–H groups in total. The molecule has 0 radical (unpaired) electrons. The fourth-order valence-corrected chi connectivity index (χ4v) is 2.86. The van der Waals surface area contributed by atoms with E-state index < -0.39 is 0 Å². The van der Waals surface area contributed by atoms with E-state index in [0.29, 0.717) is 48.4 Å². The highest BCUT2D eigenvalue weighted by molar-refractivity contribution is 5.55. The third kappa shape index (κ3) is 3.88. The number of benzene rings is 2. The molecule has 0 bridgehead atoms. The summed E-state index contributed by atoms with van der Waals surface area (Å²) < 4.78 is 28.1. The smallest absolute Gasteiger partial charge is 0.231 e. The fraction of sp³-hybridized carbons (Fsp3) is 0.368. The van der Waals surface area contributed by atoms with Crippen LogP contribution < -0.4 is 34.7 Å². The van der Waals surface area contributed by atoms with Gasteiger partial charge in [0.15, 0.2) is 23.0 Å². The molecule has 2 heterocycles. The maximum Gasteiger partial charge on any atom is 0.231 e. The van der Waals surface area contributed by atoms with Crippen LogP contribution >= 0.6 is 0 Å². The zero-order chi connectivity index (χ0) is 17.8. The molecule has 7 heteroatoms. The topological polar surface area (TPSA) is 84.2 Å². The Hall–Kier alpha value is -2.80. The standard InChI is InChI=1S/C19H22N2O5/c20-13-3-1-4-14(7-13)22-6-2-5-21-10-15-11-23-18-8-16-17(25-12-24-16)9-19(18)26-15/h1,3-4,7-9,15,21H,2,5-6,10-12,20H2/t15-/m1/s1. The summed E-state index contributed by atoms with van der Waals surface area (Å²) in [6, 6.07) is 11.1. The van der Waals surface area contributed by atoms with Crippen molar-refractivity contribution >= 4 is 5.69 Å². The zero-order valence-electron chi connectivity index (χ0n) is 14.4. The highest BCUT2D eigenvalue weighted by atomic mass is 16.7. The first kappa shape index (κ1) is 16.7. The number of anilines is 1. The molecule has 0 amide bonds. The molecule has 2 aromatic rings. The zero-order valence-corrected chi connectivity index (χ0v) is 14.4. The predicted octanol–water partition coefficient (Wildman–Crippen LogP) is 2.20. The normalized spacial score (nSPS) is 17.2. The molecule has 0 unspecified atom stereocenters. The van der Waals surface area contributed by atoms with Crippen molar-refractivity contribution in [1.29, 1.82) is 0 Å². The van der Waals surface area contributed by atoms with Crippen LogP contribution in [-0.2, 0) is 0 Å². The van der Waals surface area contributed by atoms with Gasteiger partial charge in [0.1, 0.15) is 18.5 Å². The second-order valence-electron chi connectivity index (χ2n) is 6.18. The van der Waals surface area contributed by atoms with Gasteiger partial charge in [-0.3, -0.25) is 0 Å². The van der Waals surface area contributed by atoms with Crippen molar-refractivity contribution in [1.82, 2.24) is 5.32 Å². The van der Waals surface area contributed by atoms with Gasteiger partial charge in [-0.2, -0.15) is 0 Å². The molecule has 2 aliphatic rings. The van der Waals surface area contributed by atoms with Crippen LogP contribution in [0.15, 0.2) is 36.4 Å². The van der Waals surface area contributed by atoms with Crippen LogP contribution in [0.4, 0.5) is 5.69 Å². The van der Waals surface area contributed by atoms with Crippen molar-refractivity contribution in [3.05, 3.63) is 36.4 Å². The van der Waals surface area contributed by atoms with Gasteiger partial charge in [0, 0.05) is 30.4 Å². The summed E-state index contributed by atoms with van der Waals surface area (Å²) in [5.41, 5.74) is 6.43. The Morgan fingerprint density at radius 2 is 1.85 bits per heavy atom. The number of nitrogens with two attached hydrogens (primary N) is 1. The molecule has 0 fully saturated rings. The van der Waals surface area contributed by atoms with Gasteiger partial charge in [-0.1, -0.05) is 6.07 Å². The quantitative estimate of drug-likeness (QED) is 0.580. The minimum Gasteiger partial charge on any atom is -0.493 e. The summed E-state index contributed by atoms with van der Waals surface area (Å²) in [6.07, 6.45) is 0.843. The van der Waals surface area contributed by atoms with Crippen molar-refractivity contribution < 1.29 is 23.7 Å². The molecule has 0 aliphatic carbocycles. The summed E-state index contributed by atoms with van der Waals surface area (Å²) in [7, 11) is 0. The molecular weight excluding hydrogens is 336 g/mol. The summed E-state index contributed by atoms with van der Waals surface area (Å²) in [4.78, 5) is 0. The Morgan fingerprint density at radius 3 is 2.69 bits per heavy atom. The lowest BCUT2D eigenvalue weighted by Crippen LogP contribution is -2.39. The largest absolute Gasteiger partial charge is 0.493 e. The third-order valence-electron chi connectivity index (χ3n) is 4.15. The average Bonchev–Trinajstić information content (AvgIpc) is 3.10. The first-order valence-corrected chi connectivity index (χ1v) is 8.70. The minimum absolute atomic E-state index is 0.0438. The van der Waals surface area contributed by atoms with E-state index in [4.69, 9.17) is 29.4 Å². The molecule has 138 valence electrons. The van der Waals surface area contributed by atoms with Crippen LogP contribution in [0.1, 0.15) is 6.42 Å². The van der Waals surface area contributed by atoms with Crippen LogP contribution in [0.3, 0.4) is 0 Å². The number of nitrogens with one attached hydrogen (secondary N) is 1. The molecule has 4 rings (SSSR count). The van der Waals surface area contributed by atoms with Crippen molar-refractivity contribution in [2.24, 2.45) is 0 Å². The molecule has 0 saturated heterocycles. The minimum atomic E-state index is -0.0438. The number of rotatable bonds is 7. The van der Waals surface area contributed by atoms with E-state index in [2.05, 4.69) is 5.32 Å². The Kier molecular flexibility index (Phi) is 4.88. The van der Waals surface area contributed by atoms with Gasteiger partial charge < -0.3 is 34.7 Å². The predicted molar refractivity (Wildman–Crippen MR) is 96.3 cm³/mol. The number of ether oxygens (including phenoxy) is 5. The highest BCUT2D eigenvalue weighted by Gasteiger charge is 2.25. The molecule has 0 saturated carbocycles. The van der Waals surface area contributed by atoms with Crippen LogP contribution in [0.25, 0.3) is 0 Å². The Bertz CT molecular complexity index is 768. The molecule has 2 aliphatic heterocycles. The van der Waals surface area contributed by atoms with Crippen molar-refractivity contribution in [3.63, 3.8) is 0 Å². The molecule has 26 heavy (non-hydrogen) atoms. The number of nitrogen functional groups attached to an aromatic ring is 1. The molecule has 2 aromatic carbocycles. The SMILES string of the molecule is Nc1cccc(OCCCNC[C@@H]2COc3cc4c(cc3O2)OCO4)c1. The van der Waals surface area contributed by atoms with Gasteiger partial charge in [0.05, 0.1) is 6.61 Å². The average molecular weight is 358 g/mol. The maximum absolute atomic E-state index is 5.98. The molecule has 7 nitrogen and oxygen atoms in total. The van der Waals surface area contributed by atoms with Crippen LogP contribution in [0.2, 0.25) is 0 Å². The highest BCUT2D eigenvalue weighted by Crippen LogP contribution is 2.43. The Labute approximate surface area is 151 Å². The van der Waals surface area contributed by atoms with E-state index in [1.165, 1.54) is 0 Å². The monoisotopic (exact) mass is 358 g/mol. The van der Waals surface area contributed by atoms with E-state index in [1.807, 2.05) is 36.4 Å². The van der Waals surface area contributed by atoms with Gasteiger partial charge in [0.25, 0.3) is 0 Å². The van der Waals surface area contributed by atoms with Gasteiger partial charge in [-0.05, 0) is 25.1 Å². The van der Waals surface area contributed by atoms with Crippen LogP contribution in [0, 0.1) is 0 Å². The molecular formula is C19H22N2O5. The van der Waals surface area contributed by atoms with E-state index in [0.717, 1.165) is 18.7 Å². The van der Waals surface area contributed by atoms with Gasteiger partial charge in [0.2, 0.25) is 6.79 Å². The maximum atomic E-state index is 5.98. The first-order chi connectivity index (χ1) is 12.8. The number of hydrogen-bond donors (Lipinski definition) is 2. The van der Waals surface area contributed by atoms with E-state index in [-0.39, 0.29) is 12.9 Å². The van der Waals surface area contributed by atoms with Crippen LogP contribution in [-0.4, -0.2) is 39.2 Å². The van der Waals surface area contributed by atoms with Gasteiger partial charge >= 0.3 is 0 Å². The Balaban J connectivity index is 1.17. The van der Waals surface area contributed by atoms with Crippen molar-refractivity contribution in [2.75, 3.05) is 38.8 Å². The lowest BCUT2D eigenvalue weighted by Gasteiger charge is -2.27. The summed E-state index contributed by atoms with van der Waals surface area (Å²) in [6.45, 7) is 2.90. The first-order valence-electron chi connectivity index (χ1n) is 8.70. The summed E-state index contributed by atoms with van der Waals surface area (Å²) in [5, 5.41) is 3.37. The Morgan fingerprint density at radius 1 is 1.04 bits per heavy atom. The third-order valence-corrected chi connectivity index (χ3v) is 4.15. The summed E-state index contributed by atoms with van der Waals surface area (Å²) >= 11 is 0. The number of hydrogen-bond acceptors (Lipinski definition) is 7. The number of fused-ring (bicyclic) bond motifs is 2. The fourth-order valence-electron chi connectivity index (χ4n) is 2.86. The van der Waals surface area contributed by atoms with Gasteiger partial charge in [-0.15, -0.1) is 0 Å². The van der Waals surface area contributed by atoms with Crippen LogP contribution in [0.5, 0.6) is 28.7 Å². The van der Waals surface area contributed by atoms with E-state index >= 15 is 0 Å². The molecule has 0 spiro atoms. The summed E-state index contributed by atoms with van der Waals surface area (Å²) in [5.74, 6) is 3.58. The van der Waals surface area contributed by atoms with Crippen molar-refractivity contribution in [3.8, 4) is 28.7 Å². The van der Waals surface area contributed by atoms with Crippen molar-refractivity contribution in [2.45, 2.75) is 12.5 Å². The molecule has 1 atom stereocenters. The lowest BCUT2D eigenvalue weighted by molar-refractivity contribution is 0.0899. The second-order valence-corrected chi connectivity index (χ2v) is 6.18. The van der Waals surface area contributed by atoms with E-state index in [1.54, 1.807) is 0 Å². The second kappa shape index (κ2) is 7.61. The van der Waals surface area contributed by atoms with Gasteiger partial charge in [-0.25, -0.2) is 0 Å².